The van der Waals surface area contributed by atoms with E-state index in [1.54, 1.807) is 18.4 Å². The second kappa shape index (κ2) is 4.49. The van der Waals surface area contributed by atoms with E-state index < -0.39 is 0 Å². The Morgan fingerprint density at radius 2 is 2.00 bits per heavy atom. The lowest BCUT2D eigenvalue weighted by atomic mass is 9.93. The fraction of sp³-hybridized carbons (Fsp3) is 0.357. The van der Waals surface area contributed by atoms with Crippen molar-refractivity contribution in [3.05, 3.63) is 35.3 Å². The van der Waals surface area contributed by atoms with Crippen LogP contribution in [0.4, 0.5) is 0 Å². The van der Waals surface area contributed by atoms with Crippen LogP contribution in [0.15, 0.2) is 29.6 Å². The van der Waals surface area contributed by atoms with Gasteiger partial charge in [-0.25, -0.2) is 4.98 Å². The number of aromatic nitrogens is 1. The lowest BCUT2D eigenvalue weighted by Crippen LogP contribution is -2.11. The van der Waals surface area contributed by atoms with Gasteiger partial charge in [-0.2, -0.15) is 0 Å². The monoisotopic (exact) mass is 247 g/mol. The minimum Gasteiger partial charge on any atom is -0.497 e. The SMILES string of the molecule is COc1cccc(-c2nc(C(C)(C)C)cs2)c1. The molecule has 0 fully saturated rings. The molecule has 1 aromatic heterocycles. The van der Waals surface area contributed by atoms with Crippen molar-refractivity contribution < 1.29 is 4.74 Å². The zero-order valence-corrected chi connectivity index (χ0v) is 11.5. The Bertz CT molecular complexity index is 511. The summed E-state index contributed by atoms with van der Waals surface area (Å²) in [6.45, 7) is 6.53. The summed E-state index contributed by atoms with van der Waals surface area (Å²) in [6, 6.07) is 8.02. The lowest BCUT2D eigenvalue weighted by Gasteiger charge is -2.14. The van der Waals surface area contributed by atoms with Crippen LogP contribution in [0, 0.1) is 0 Å². The van der Waals surface area contributed by atoms with Gasteiger partial charge in [0.25, 0.3) is 0 Å². The van der Waals surface area contributed by atoms with Crippen molar-refractivity contribution in [1.82, 2.24) is 4.98 Å². The average Bonchev–Trinajstić information content (AvgIpc) is 2.78. The third-order valence-corrected chi connectivity index (χ3v) is 3.48. The van der Waals surface area contributed by atoms with Crippen LogP contribution >= 0.6 is 11.3 Å². The summed E-state index contributed by atoms with van der Waals surface area (Å²) >= 11 is 1.68. The highest BCUT2D eigenvalue weighted by Gasteiger charge is 2.17. The normalized spacial score (nSPS) is 11.5. The third-order valence-electron chi connectivity index (χ3n) is 2.59. The van der Waals surface area contributed by atoms with E-state index in [4.69, 9.17) is 9.72 Å². The molecule has 0 atom stereocenters. The van der Waals surface area contributed by atoms with Crippen LogP contribution in [0.5, 0.6) is 5.75 Å². The van der Waals surface area contributed by atoms with Crippen molar-refractivity contribution in [1.29, 1.82) is 0 Å². The summed E-state index contributed by atoms with van der Waals surface area (Å²) in [7, 11) is 1.68. The van der Waals surface area contributed by atoms with Gasteiger partial charge in [0, 0.05) is 16.4 Å². The molecule has 0 saturated carbocycles. The van der Waals surface area contributed by atoms with Crippen molar-refractivity contribution in [3.8, 4) is 16.3 Å². The molecule has 1 heterocycles. The molecule has 0 spiro atoms. The molecule has 2 nitrogen and oxygen atoms in total. The van der Waals surface area contributed by atoms with Gasteiger partial charge in [0.15, 0.2) is 0 Å². The molecule has 0 aliphatic rings. The molecule has 0 amide bonds. The smallest absolute Gasteiger partial charge is 0.123 e. The van der Waals surface area contributed by atoms with Gasteiger partial charge in [-0.1, -0.05) is 32.9 Å². The second-order valence-electron chi connectivity index (χ2n) is 5.02. The van der Waals surface area contributed by atoms with E-state index in [0.717, 1.165) is 22.0 Å². The molecule has 0 bridgehead atoms. The molecule has 0 aliphatic heterocycles. The fourth-order valence-corrected chi connectivity index (χ4v) is 2.55. The van der Waals surface area contributed by atoms with E-state index >= 15 is 0 Å². The molecule has 0 unspecified atom stereocenters. The first kappa shape index (κ1) is 12.1. The number of benzene rings is 1. The van der Waals surface area contributed by atoms with Gasteiger partial charge < -0.3 is 4.74 Å². The molecule has 3 heteroatoms. The number of methoxy groups -OCH3 is 1. The molecular weight excluding hydrogens is 230 g/mol. The summed E-state index contributed by atoms with van der Waals surface area (Å²) in [4.78, 5) is 4.69. The second-order valence-corrected chi connectivity index (χ2v) is 5.88. The maximum atomic E-state index is 5.23. The van der Waals surface area contributed by atoms with Crippen LogP contribution in [0.3, 0.4) is 0 Å². The van der Waals surface area contributed by atoms with E-state index in [1.807, 2.05) is 18.2 Å². The topological polar surface area (TPSA) is 22.1 Å². The Morgan fingerprint density at radius 1 is 1.24 bits per heavy atom. The summed E-state index contributed by atoms with van der Waals surface area (Å²) < 4.78 is 5.23. The molecule has 90 valence electrons. The number of ether oxygens (including phenoxy) is 1. The van der Waals surface area contributed by atoms with Crippen molar-refractivity contribution in [2.75, 3.05) is 7.11 Å². The zero-order valence-electron chi connectivity index (χ0n) is 10.7. The van der Waals surface area contributed by atoms with E-state index in [0.29, 0.717) is 0 Å². The van der Waals surface area contributed by atoms with Gasteiger partial charge >= 0.3 is 0 Å². The first-order valence-electron chi connectivity index (χ1n) is 5.61. The molecule has 0 saturated heterocycles. The Labute approximate surface area is 106 Å². The van der Waals surface area contributed by atoms with Crippen LogP contribution in [0.2, 0.25) is 0 Å². The van der Waals surface area contributed by atoms with E-state index in [1.165, 1.54) is 0 Å². The fourth-order valence-electron chi connectivity index (χ4n) is 1.51. The number of thiazole rings is 1. The van der Waals surface area contributed by atoms with Gasteiger partial charge in [-0.15, -0.1) is 11.3 Å². The molecule has 2 aromatic rings. The first-order chi connectivity index (χ1) is 8.00. The number of hydrogen-bond donors (Lipinski definition) is 0. The van der Waals surface area contributed by atoms with Gasteiger partial charge in [0.1, 0.15) is 10.8 Å². The predicted octanol–water partition coefficient (Wildman–Crippen LogP) is 4.12. The van der Waals surface area contributed by atoms with Crippen LogP contribution in [0.1, 0.15) is 26.5 Å². The van der Waals surface area contributed by atoms with Crippen LogP contribution in [-0.4, -0.2) is 12.1 Å². The van der Waals surface area contributed by atoms with Gasteiger partial charge in [-0.05, 0) is 12.1 Å². The number of nitrogens with zero attached hydrogens (tertiary/aromatic N) is 1. The first-order valence-corrected chi connectivity index (χ1v) is 6.49. The van der Waals surface area contributed by atoms with Crippen molar-refractivity contribution in [3.63, 3.8) is 0 Å². The zero-order chi connectivity index (χ0) is 12.5. The molecular formula is C14H17NOS. The summed E-state index contributed by atoms with van der Waals surface area (Å²) in [6.07, 6.45) is 0. The van der Waals surface area contributed by atoms with Crippen molar-refractivity contribution in [2.45, 2.75) is 26.2 Å². The summed E-state index contributed by atoms with van der Waals surface area (Å²) in [5.41, 5.74) is 2.36. The average molecular weight is 247 g/mol. The van der Waals surface area contributed by atoms with Crippen molar-refractivity contribution >= 4 is 11.3 Å². The molecule has 2 rings (SSSR count). The molecule has 1 aromatic carbocycles. The molecule has 0 N–H and O–H groups in total. The highest BCUT2D eigenvalue weighted by molar-refractivity contribution is 7.13. The maximum Gasteiger partial charge on any atom is 0.123 e. The Kier molecular flexibility index (Phi) is 3.20. The largest absolute Gasteiger partial charge is 0.497 e. The van der Waals surface area contributed by atoms with Crippen LogP contribution in [-0.2, 0) is 5.41 Å². The van der Waals surface area contributed by atoms with Crippen molar-refractivity contribution in [2.24, 2.45) is 0 Å². The maximum absolute atomic E-state index is 5.23. The quantitative estimate of drug-likeness (QED) is 0.796. The highest BCUT2D eigenvalue weighted by atomic mass is 32.1. The number of rotatable bonds is 2. The molecule has 0 aliphatic carbocycles. The summed E-state index contributed by atoms with van der Waals surface area (Å²) in [5, 5.41) is 3.18. The Morgan fingerprint density at radius 3 is 2.59 bits per heavy atom. The number of hydrogen-bond acceptors (Lipinski definition) is 3. The summed E-state index contributed by atoms with van der Waals surface area (Å²) in [5.74, 6) is 0.870. The van der Waals surface area contributed by atoms with Crippen LogP contribution in [0.25, 0.3) is 10.6 Å². The van der Waals surface area contributed by atoms with E-state index in [2.05, 4.69) is 32.2 Å². The van der Waals surface area contributed by atoms with Gasteiger partial charge in [-0.3, -0.25) is 0 Å². The van der Waals surface area contributed by atoms with Gasteiger partial charge in [0.05, 0.1) is 12.8 Å². The van der Waals surface area contributed by atoms with Gasteiger partial charge in [0.2, 0.25) is 0 Å². The highest BCUT2D eigenvalue weighted by Crippen LogP contribution is 2.31. The molecule has 17 heavy (non-hydrogen) atoms. The van der Waals surface area contributed by atoms with E-state index in [-0.39, 0.29) is 5.41 Å². The third kappa shape index (κ3) is 2.67. The Balaban J connectivity index is 2.37. The lowest BCUT2D eigenvalue weighted by molar-refractivity contribution is 0.415. The molecule has 0 radical (unpaired) electrons. The minimum absolute atomic E-state index is 0.105. The van der Waals surface area contributed by atoms with Crippen LogP contribution < -0.4 is 4.74 Å². The minimum atomic E-state index is 0.105. The Hall–Kier alpha value is -1.35. The van der Waals surface area contributed by atoms with E-state index in [9.17, 15) is 0 Å². The standard InChI is InChI=1S/C14H17NOS/c1-14(2,3)12-9-17-13(15-12)10-6-5-7-11(8-10)16-4/h5-9H,1-4H3. The predicted molar refractivity (Wildman–Crippen MR) is 72.8 cm³/mol.